The van der Waals surface area contributed by atoms with Crippen molar-refractivity contribution in [3.05, 3.63) is 78.0 Å². The van der Waals surface area contributed by atoms with Crippen LogP contribution in [0.1, 0.15) is 35.7 Å². The Hall–Kier alpha value is -3.05. The monoisotopic (exact) mass is 355 g/mol. The number of fused-ring (bicyclic) bond motifs is 2. The average molecular weight is 355 g/mol. The van der Waals surface area contributed by atoms with Crippen LogP contribution in [0, 0.1) is 0 Å². The van der Waals surface area contributed by atoms with Crippen molar-refractivity contribution in [3.63, 3.8) is 0 Å². The van der Waals surface area contributed by atoms with Crippen LogP contribution >= 0.6 is 0 Å². The summed E-state index contributed by atoms with van der Waals surface area (Å²) in [6.07, 6.45) is 11.0. The standard InChI is InChI=1S/C22H21N5/c1-2-7-19-17(6-1)16(12-24-19)13-25-20-8-3-9-21-18(20)14-26-22(27-21)15-5-4-10-23-11-15/h1-2,4-7,10-12,14,20,24-25H,3,8-9,13H2. The van der Waals surface area contributed by atoms with Crippen LogP contribution in [-0.2, 0) is 13.0 Å². The van der Waals surface area contributed by atoms with Gasteiger partial charge in [0.15, 0.2) is 5.82 Å². The van der Waals surface area contributed by atoms with E-state index in [2.05, 4.69) is 50.7 Å². The van der Waals surface area contributed by atoms with Gasteiger partial charge in [-0.05, 0) is 43.0 Å². The first-order valence-electron chi connectivity index (χ1n) is 9.43. The van der Waals surface area contributed by atoms with E-state index < -0.39 is 0 Å². The third kappa shape index (κ3) is 3.11. The molecule has 1 unspecified atom stereocenters. The molecule has 5 heteroatoms. The Labute approximate surface area is 157 Å². The summed E-state index contributed by atoms with van der Waals surface area (Å²) in [4.78, 5) is 17.0. The summed E-state index contributed by atoms with van der Waals surface area (Å²) in [6, 6.07) is 12.6. The molecule has 5 nitrogen and oxygen atoms in total. The number of aromatic amines is 1. The minimum Gasteiger partial charge on any atom is -0.361 e. The van der Waals surface area contributed by atoms with Gasteiger partial charge in [0.2, 0.25) is 0 Å². The molecule has 0 aliphatic heterocycles. The highest BCUT2D eigenvalue weighted by atomic mass is 15.0. The second-order valence-electron chi connectivity index (χ2n) is 7.02. The molecule has 3 aromatic heterocycles. The van der Waals surface area contributed by atoms with Crippen molar-refractivity contribution in [2.24, 2.45) is 0 Å². The zero-order valence-corrected chi connectivity index (χ0v) is 15.0. The van der Waals surface area contributed by atoms with Crippen LogP contribution in [0.5, 0.6) is 0 Å². The minimum atomic E-state index is 0.297. The van der Waals surface area contributed by atoms with Crippen LogP contribution < -0.4 is 5.32 Å². The number of H-pyrrole nitrogens is 1. The van der Waals surface area contributed by atoms with E-state index in [-0.39, 0.29) is 0 Å². The molecule has 0 spiro atoms. The number of rotatable bonds is 4. The maximum Gasteiger partial charge on any atom is 0.160 e. The first-order valence-corrected chi connectivity index (χ1v) is 9.43. The summed E-state index contributed by atoms with van der Waals surface area (Å²) < 4.78 is 0. The van der Waals surface area contributed by atoms with Gasteiger partial charge in [-0.1, -0.05) is 18.2 Å². The molecule has 27 heavy (non-hydrogen) atoms. The fourth-order valence-corrected chi connectivity index (χ4v) is 3.90. The molecule has 0 bridgehead atoms. The minimum absolute atomic E-state index is 0.297. The molecule has 1 atom stereocenters. The highest BCUT2D eigenvalue weighted by molar-refractivity contribution is 5.82. The van der Waals surface area contributed by atoms with E-state index in [0.717, 1.165) is 42.9 Å². The summed E-state index contributed by atoms with van der Waals surface area (Å²) in [7, 11) is 0. The third-order valence-corrected chi connectivity index (χ3v) is 5.32. The smallest absolute Gasteiger partial charge is 0.160 e. The van der Waals surface area contributed by atoms with Crippen LogP contribution in [0.4, 0.5) is 0 Å². The van der Waals surface area contributed by atoms with Crippen LogP contribution in [0.2, 0.25) is 0 Å². The number of para-hydroxylation sites is 1. The van der Waals surface area contributed by atoms with Crippen LogP contribution in [0.3, 0.4) is 0 Å². The van der Waals surface area contributed by atoms with Crippen molar-refractivity contribution in [2.45, 2.75) is 31.8 Å². The van der Waals surface area contributed by atoms with E-state index in [9.17, 15) is 0 Å². The number of aryl methyl sites for hydroxylation is 1. The van der Waals surface area contributed by atoms with Crippen LogP contribution in [0.25, 0.3) is 22.3 Å². The largest absolute Gasteiger partial charge is 0.361 e. The Bertz CT molecular complexity index is 1070. The quantitative estimate of drug-likeness (QED) is 0.576. The van der Waals surface area contributed by atoms with Gasteiger partial charge in [0.1, 0.15) is 0 Å². The maximum atomic E-state index is 4.83. The Morgan fingerprint density at radius 1 is 1.11 bits per heavy atom. The molecule has 0 amide bonds. The third-order valence-electron chi connectivity index (χ3n) is 5.32. The van der Waals surface area contributed by atoms with Crippen molar-refractivity contribution in [1.29, 1.82) is 0 Å². The molecule has 2 N–H and O–H groups in total. The summed E-state index contributed by atoms with van der Waals surface area (Å²) in [6.45, 7) is 0.832. The van der Waals surface area contributed by atoms with Crippen molar-refractivity contribution < 1.29 is 0 Å². The van der Waals surface area contributed by atoms with Crippen molar-refractivity contribution >= 4 is 10.9 Å². The Morgan fingerprint density at radius 3 is 3.00 bits per heavy atom. The van der Waals surface area contributed by atoms with Gasteiger partial charge in [-0.25, -0.2) is 9.97 Å². The van der Waals surface area contributed by atoms with E-state index in [1.165, 1.54) is 22.0 Å². The number of benzene rings is 1. The van der Waals surface area contributed by atoms with Crippen molar-refractivity contribution in [1.82, 2.24) is 25.3 Å². The van der Waals surface area contributed by atoms with Gasteiger partial charge in [0, 0.05) is 65.1 Å². The number of pyridine rings is 1. The van der Waals surface area contributed by atoms with E-state index >= 15 is 0 Å². The first-order chi connectivity index (χ1) is 13.4. The molecule has 0 fully saturated rings. The fraction of sp³-hybridized carbons (Fsp3) is 0.227. The molecule has 0 saturated carbocycles. The number of hydrogen-bond donors (Lipinski definition) is 2. The Kier molecular flexibility index (Phi) is 4.14. The molecule has 134 valence electrons. The molecule has 4 aromatic rings. The van der Waals surface area contributed by atoms with E-state index in [1.54, 1.807) is 6.20 Å². The first kappa shape index (κ1) is 16.1. The zero-order chi connectivity index (χ0) is 18.1. The predicted octanol–water partition coefficient (Wildman–Crippen LogP) is 4.19. The van der Waals surface area contributed by atoms with Crippen molar-refractivity contribution in [3.8, 4) is 11.4 Å². The lowest BCUT2D eigenvalue weighted by Crippen LogP contribution is -2.25. The molecule has 1 aliphatic rings. The summed E-state index contributed by atoms with van der Waals surface area (Å²) in [5.74, 6) is 0.763. The molecule has 0 radical (unpaired) electrons. The molecule has 5 rings (SSSR count). The second-order valence-corrected chi connectivity index (χ2v) is 7.02. The van der Waals surface area contributed by atoms with Gasteiger partial charge < -0.3 is 10.3 Å². The SMILES string of the molecule is c1cncc(-c2ncc3c(n2)CCCC3NCc2c[nH]c3ccccc23)c1. The van der Waals surface area contributed by atoms with Gasteiger partial charge in [-0.2, -0.15) is 0 Å². The molecule has 0 saturated heterocycles. The van der Waals surface area contributed by atoms with Gasteiger partial charge in [-0.15, -0.1) is 0 Å². The van der Waals surface area contributed by atoms with Crippen molar-refractivity contribution in [2.75, 3.05) is 0 Å². The number of nitrogens with one attached hydrogen (secondary N) is 2. The lowest BCUT2D eigenvalue weighted by Gasteiger charge is -2.25. The average Bonchev–Trinajstić information content (AvgIpc) is 3.15. The van der Waals surface area contributed by atoms with E-state index in [0.29, 0.717) is 6.04 Å². The normalized spacial score (nSPS) is 16.4. The summed E-state index contributed by atoms with van der Waals surface area (Å²) in [5, 5.41) is 5.00. The maximum absolute atomic E-state index is 4.83. The van der Waals surface area contributed by atoms with Gasteiger partial charge >= 0.3 is 0 Å². The van der Waals surface area contributed by atoms with Gasteiger partial charge in [-0.3, -0.25) is 4.98 Å². The number of hydrogen-bond acceptors (Lipinski definition) is 4. The van der Waals surface area contributed by atoms with Crippen LogP contribution in [-0.4, -0.2) is 19.9 Å². The Morgan fingerprint density at radius 2 is 2.07 bits per heavy atom. The highest BCUT2D eigenvalue weighted by Gasteiger charge is 2.22. The molecular formula is C22H21N5. The molecular weight excluding hydrogens is 334 g/mol. The highest BCUT2D eigenvalue weighted by Crippen LogP contribution is 2.30. The zero-order valence-electron chi connectivity index (χ0n) is 15.0. The number of nitrogens with zero attached hydrogens (tertiary/aromatic N) is 3. The molecule has 3 heterocycles. The summed E-state index contributed by atoms with van der Waals surface area (Å²) in [5.41, 5.74) is 5.84. The van der Waals surface area contributed by atoms with Crippen LogP contribution in [0.15, 0.2) is 61.2 Å². The predicted molar refractivity (Wildman–Crippen MR) is 106 cm³/mol. The summed E-state index contributed by atoms with van der Waals surface area (Å²) >= 11 is 0. The lowest BCUT2D eigenvalue weighted by molar-refractivity contribution is 0.453. The van der Waals surface area contributed by atoms with Gasteiger partial charge in [0.05, 0.1) is 0 Å². The topological polar surface area (TPSA) is 66.5 Å². The van der Waals surface area contributed by atoms with E-state index in [4.69, 9.17) is 4.98 Å². The lowest BCUT2D eigenvalue weighted by atomic mass is 9.92. The number of aromatic nitrogens is 4. The molecule has 1 aliphatic carbocycles. The van der Waals surface area contributed by atoms with E-state index in [1.807, 2.05) is 24.5 Å². The molecule has 1 aromatic carbocycles. The van der Waals surface area contributed by atoms with Gasteiger partial charge in [0.25, 0.3) is 0 Å². The Balaban J connectivity index is 1.38. The second kappa shape index (κ2) is 6.93. The fourth-order valence-electron chi connectivity index (χ4n) is 3.90.